The molecule has 27 heavy (non-hydrogen) atoms. The van der Waals surface area contributed by atoms with Crippen molar-refractivity contribution >= 4 is 28.9 Å². The maximum Gasteiger partial charge on any atom is 0.427 e. The zero-order chi connectivity index (χ0) is 19.4. The topological polar surface area (TPSA) is 98.8 Å². The molecule has 0 aliphatic carbocycles. The summed E-state index contributed by atoms with van der Waals surface area (Å²) in [5.74, 6) is 0. The van der Waals surface area contributed by atoms with Crippen LogP contribution in [0.5, 0.6) is 0 Å². The molecule has 0 fully saturated rings. The van der Waals surface area contributed by atoms with Crippen molar-refractivity contribution in [1.29, 1.82) is 0 Å². The summed E-state index contributed by atoms with van der Waals surface area (Å²) in [7, 11) is 1.27. The van der Waals surface area contributed by atoms with Crippen molar-refractivity contribution in [1.82, 2.24) is 9.99 Å². The average molecular weight is 366 g/mol. The number of non-ortho nitro benzene ring substituents is 1. The van der Waals surface area contributed by atoms with Gasteiger partial charge in [0.15, 0.2) is 0 Å². The molecule has 8 heteroatoms. The van der Waals surface area contributed by atoms with Gasteiger partial charge in [-0.25, -0.2) is 10.2 Å². The van der Waals surface area contributed by atoms with E-state index in [0.717, 1.165) is 27.7 Å². The molecule has 0 unspecified atom stereocenters. The Balaban J connectivity index is 1.97. The Labute approximate surface area is 155 Å². The fourth-order valence-corrected chi connectivity index (χ4v) is 2.93. The summed E-state index contributed by atoms with van der Waals surface area (Å²) in [6.45, 7) is 2.52. The summed E-state index contributed by atoms with van der Waals surface area (Å²) in [6, 6.07) is 14.4. The lowest BCUT2D eigenvalue weighted by Crippen LogP contribution is -2.16. The van der Waals surface area contributed by atoms with Crippen LogP contribution in [-0.2, 0) is 11.3 Å². The normalized spacial score (nSPS) is 11.0. The molecule has 0 saturated heterocycles. The van der Waals surface area contributed by atoms with Crippen LogP contribution < -0.4 is 5.43 Å². The predicted octanol–water partition coefficient (Wildman–Crippen LogP) is 3.60. The van der Waals surface area contributed by atoms with Gasteiger partial charge in [-0.1, -0.05) is 30.3 Å². The highest BCUT2D eigenvalue weighted by Gasteiger charge is 2.13. The van der Waals surface area contributed by atoms with Gasteiger partial charge in [-0.05, 0) is 18.6 Å². The highest BCUT2D eigenvalue weighted by Crippen LogP contribution is 2.26. The summed E-state index contributed by atoms with van der Waals surface area (Å²) in [4.78, 5) is 21.6. The van der Waals surface area contributed by atoms with Crippen molar-refractivity contribution in [2.24, 2.45) is 5.10 Å². The number of ether oxygens (including phenoxy) is 1. The molecular weight excluding hydrogens is 348 g/mol. The summed E-state index contributed by atoms with van der Waals surface area (Å²) in [5.41, 5.74) is 6.14. The molecule has 8 nitrogen and oxygen atoms in total. The number of benzene rings is 2. The quantitative estimate of drug-likeness (QED) is 0.424. The van der Waals surface area contributed by atoms with E-state index in [1.165, 1.54) is 19.2 Å². The second-order valence-electron chi connectivity index (χ2n) is 5.89. The van der Waals surface area contributed by atoms with E-state index in [-0.39, 0.29) is 5.69 Å². The number of para-hydroxylation sites is 1. The number of nitro benzene ring substituents is 1. The van der Waals surface area contributed by atoms with Crippen LogP contribution in [0.25, 0.3) is 10.9 Å². The molecule has 3 aromatic rings. The lowest BCUT2D eigenvalue weighted by Gasteiger charge is -2.08. The summed E-state index contributed by atoms with van der Waals surface area (Å²) < 4.78 is 6.61. The van der Waals surface area contributed by atoms with E-state index in [1.54, 1.807) is 18.3 Å². The van der Waals surface area contributed by atoms with Crippen molar-refractivity contribution in [2.75, 3.05) is 7.11 Å². The number of methoxy groups -OCH3 is 1. The molecule has 1 aromatic heterocycles. The largest absolute Gasteiger partial charge is 0.452 e. The van der Waals surface area contributed by atoms with Crippen molar-refractivity contribution in [3.63, 3.8) is 0 Å². The molecule has 1 heterocycles. The molecule has 0 spiro atoms. The van der Waals surface area contributed by atoms with Gasteiger partial charge in [-0.2, -0.15) is 5.10 Å². The first-order valence-corrected chi connectivity index (χ1v) is 8.19. The molecule has 0 aliphatic rings. The van der Waals surface area contributed by atoms with Gasteiger partial charge >= 0.3 is 6.09 Å². The highest BCUT2D eigenvalue weighted by molar-refractivity contribution is 6.01. The maximum absolute atomic E-state index is 11.2. The number of carbonyl (C=O) groups excluding carboxylic acids is 1. The average Bonchev–Trinajstić information content (AvgIpc) is 2.94. The second kappa shape index (κ2) is 7.69. The Bertz CT molecular complexity index is 1020. The molecule has 0 atom stereocenters. The third-order valence-electron chi connectivity index (χ3n) is 4.30. The number of carbonyl (C=O) groups is 1. The number of hydrazone groups is 1. The molecular formula is C19H18N4O4. The summed E-state index contributed by atoms with van der Waals surface area (Å²) in [5, 5.41) is 15.7. The number of rotatable bonds is 5. The first-order valence-electron chi connectivity index (χ1n) is 8.19. The number of aromatic nitrogens is 1. The molecule has 3 rings (SSSR count). The van der Waals surface area contributed by atoms with E-state index in [4.69, 9.17) is 0 Å². The zero-order valence-corrected chi connectivity index (χ0v) is 14.9. The fraction of sp³-hybridized carbons (Fsp3) is 0.158. The van der Waals surface area contributed by atoms with Gasteiger partial charge in [-0.15, -0.1) is 0 Å². The van der Waals surface area contributed by atoms with Crippen LogP contribution >= 0.6 is 0 Å². The molecule has 138 valence electrons. The Morgan fingerprint density at radius 2 is 1.96 bits per heavy atom. The van der Waals surface area contributed by atoms with Crippen molar-refractivity contribution in [3.05, 3.63) is 75.5 Å². The Kier molecular flexibility index (Phi) is 5.16. The van der Waals surface area contributed by atoms with E-state index >= 15 is 0 Å². The van der Waals surface area contributed by atoms with Gasteiger partial charge in [0.05, 0.1) is 18.2 Å². The number of nitrogens with zero attached hydrogens (tertiary/aromatic N) is 3. The zero-order valence-electron chi connectivity index (χ0n) is 14.9. The van der Waals surface area contributed by atoms with E-state index in [9.17, 15) is 14.9 Å². The number of fused-ring (bicyclic) bond motifs is 1. The number of hydrogen-bond acceptors (Lipinski definition) is 5. The molecule has 0 saturated carbocycles. The van der Waals surface area contributed by atoms with Gasteiger partial charge in [-0.3, -0.25) is 10.1 Å². The Morgan fingerprint density at radius 1 is 1.26 bits per heavy atom. The van der Waals surface area contributed by atoms with Gasteiger partial charge in [0.2, 0.25) is 0 Å². The SMILES string of the molecule is COC(=O)N/N=C\c1c(C)n(Cc2ccc([N+](=O)[O-])cc2)c2ccccc12. The minimum atomic E-state index is -0.640. The van der Waals surface area contributed by atoms with Crippen LogP contribution in [0.4, 0.5) is 10.5 Å². The van der Waals surface area contributed by atoms with Crippen molar-refractivity contribution < 1.29 is 14.5 Å². The van der Waals surface area contributed by atoms with Gasteiger partial charge in [0.1, 0.15) is 0 Å². The molecule has 2 aromatic carbocycles. The first-order chi connectivity index (χ1) is 13.0. The fourth-order valence-electron chi connectivity index (χ4n) is 2.93. The smallest absolute Gasteiger partial charge is 0.427 e. The molecule has 1 amide bonds. The standard InChI is InChI=1S/C19H18N4O4/c1-13-17(11-20-21-19(24)27-2)16-5-3-4-6-18(16)22(13)12-14-7-9-15(10-8-14)23(25)26/h3-11H,12H2,1-2H3,(H,21,24)/b20-11-. The van der Waals surface area contributed by atoms with Crippen LogP contribution in [-0.4, -0.2) is 28.9 Å². The monoisotopic (exact) mass is 366 g/mol. The van der Waals surface area contributed by atoms with Crippen LogP contribution in [0.15, 0.2) is 53.6 Å². The molecule has 0 radical (unpaired) electrons. The van der Waals surface area contributed by atoms with E-state index < -0.39 is 11.0 Å². The summed E-state index contributed by atoms with van der Waals surface area (Å²) >= 11 is 0. The maximum atomic E-state index is 11.2. The van der Waals surface area contributed by atoms with Crippen molar-refractivity contribution in [2.45, 2.75) is 13.5 Å². The number of hydrogen-bond donors (Lipinski definition) is 1. The Hall–Kier alpha value is -3.68. The minimum absolute atomic E-state index is 0.0644. The van der Waals surface area contributed by atoms with Gasteiger partial charge < -0.3 is 9.30 Å². The number of nitrogens with one attached hydrogen (secondary N) is 1. The molecule has 0 aliphatic heterocycles. The van der Waals surface area contributed by atoms with Crippen LogP contribution in [0, 0.1) is 17.0 Å². The third kappa shape index (κ3) is 3.79. The van der Waals surface area contributed by atoms with Crippen molar-refractivity contribution in [3.8, 4) is 0 Å². The van der Waals surface area contributed by atoms with Gasteiger partial charge in [0.25, 0.3) is 5.69 Å². The minimum Gasteiger partial charge on any atom is -0.452 e. The molecule has 0 bridgehead atoms. The van der Waals surface area contributed by atoms with E-state index in [2.05, 4.69) is 19.8 Å². The summed E-state index contributed by atoms with van der Waals surface area (Å²) in [6.07, 6.45) is 0.944. The van der Waals surface area contributed by atoms with Gasteiger partial charge in [0, 0.05) is 40.8 Å². The van der Waals surface area contributed by atoms with Crippen LogP contribution in [0.1, 0.15) is 16.8 Å². The second-order valence-corrected chi connectivity index (χ2v) is 5.89. The van der Waals surface area contributed by atoms with E-state index in [1.807, 2.05) is 31.2 Å². The predicted molar refractivity (Wildman–Crippen MR) is 102 cm³/mol. The lowest BCUT2D eigenvalue weighted by molar-refractivity contribution is -0.384. The van der Waals surface area contributed by atoms with Crippen LogP contribution in [0.3, 0.4) is 0 Å². The Morgan fingerprint density at radius 3 is 2.63 bits per heavy atom. The molecule has 1 N–H and O–H groups in total. The number of nitro groups is 1. The van der Waals surface area contributed by atoms with E-state index in [0.29, 0.717) is 6.54 Å². The third-order valence-corrected chi connectivity index (χ3v) is 4.30. The highest BCUT2D eigenvalue weighted by atomic mass is 16.6. The van der Waals surface area contributed by atoms with Crippen LogP contribution in [0.2, 0.25) is 0 Å². The first kappa shape index (κ1) is 18.1. The lowest BCUT2D eigenvalue weighted by atomic mass is 10.1. The number of amides is 1.